The normalized spacial score (nSPS) is 17.7. The summed E-state index contributed by atoms with van der Waals surface area (Å²) in [5, 5.41) is 12.8. The summed E-state index contributed by atoms with van der Waals surface area (Å²) in [4.78, 5) is 17.0. The van der Waals surface area contributed by atoms with Crippen molar-refractivity contribution >= 4 is 34.6 Å². The molecule has 1 amide bonds. The van der Waals surface area contributed by atoms with E-state index in [9.17, 15) is 9.90 Å². The second-order valence-corrected chi connectivity index (χ2v) is 6.13. The molecule has 0 spiro atoms. The Morgan fingerprint density at radius 3 is 2.70 bits per heavy atom. The highest BCUT2D eigenvalue weighted by Gasteiger charge is 2.23. The molecule has 2 aromatic carbocycles. The van der Waals surface area contributed by atoms with Gasteiger partial charge < -0.3 is 10.4 Å². The summed E-state index contributed by atoms with van der Waals surface area (Å²) < 4.78 is 0. The maximum Gasteiger partial charge on any atom is 0.264 e. The monoisotopic (exact) mass is 324 g/mol. The number of nitrogens with one attached hydrogen (secondary N) is 1. The first kappa shape index (κ1) is 15.4. The Morgan fingerprint density at radius 1 is 1.22 bits per heavy atom. The molecule has 1 fully saturated rings. The predicted molar refractivity (Wildman–Crippen MR) is 94.7 cm³/mol. The van der Waals surface area contributed by atoms with Crippen LogP contribution in [0, 0.1) is 0 Å². The molecule has 0 unspecified atom stereocenters. The van der Waals surface area contributed by atoms with E-state index < -0.39 is 0 Å². The van der Waals surface area contributed by atoms with Crippen LogP contribution in [0.5, 0.6) is 5.75 Å². The number of amidine groups is 1. The van der Waals surface area contributed by atoms with E-state index in [0.29, 0.717) is 10.1 Å². The van der Waals surface area contributed by atoms with Crippen LogP contribution >= 0.6 is 11.8 Å². The van der Waals surface area contributed by atoms with Crippen molar-refractivity contribution in [3.05, 3.63) is 64.6 Å². The zero-order valence-corrected chi connectivity index (χ0v) is 13.4. The zero-order chi connectivity index (χ0) is 16.2. The summed E-state index contributed by atoms with van der Waals surface area (Å²) in [7, 11) is 0. The number of carbonyl (C=O) groups is 1. The van der Waals surface area contributed by atoms with Crippen molar-refractivity contribution in [1.82, 2.24) is 5.32 Å². The minimum atomic E-state index is -0.178. The van der Waals surface area contributed by atoms with Gasteiger partial charge in [-0.1, -0.05) is 31.2 Å². The number of aryl methyl sites for hydroxylation is 1. The summed E-state index contributed by atoms with van der Waals surface area (Å²) in [5.41, 5.74) is 2.83. The van der Waals surface area contributed by atoms with Gasteiger partial charge in [0.1, 0.15) is 5.75 Å². The standard InChI is InChI=1S/C18H16N2O2S/c1-2-12-6-8-14(9-7-12)19-18-20-17(22)16(23-18)11-13-4-3-5-15(21)10-13/h3-11,21H,2H2,1H3,(H,19,20,22)/b16-11+. The lowest BCUT2D eigenvalue weighted by molar-refractivity contribution is -0.115. The molecule has 2 aromatic rings. The van der Waals surface area contributed by atoms with Crippen LogP contribution in [0.1, 0.15) is 18.1 Å². The van der Waals surface area contributed by atoms with Crippen molar-refractivity contribution in [3.8, 4) is 5.75 Å². The number of phenolic OH excluding ortho intramolecular Hbond substituents is 1. The molecule has 5 heteroatoms. The Hall–Kier alpha value is -2.53. The Kier molecular flexibility index (Phi) is 4.48. The lowest BCUT2D eigenvalue weighted by Gasteiger charge is -1.98. The van der Waals surface area contributed by atoms with Gasteiger partial charge in [-0.2, -0.15) is 0 Å². The lowest BCUT2D eigenvalue weighted by atomic mass is 10.2. The van der Waals surface area contributed by atoms with E-state index in [4.69, 9.17) is 0 Å². The molecular weight excluding hydrogens is 308 g/mol. The second kappa shape index (κ2) is 6.71. The highest BCUT2D eigenvalue weighted by molar-refractivity contribution is 8.18. The summed E-state index contributed by atoms with van der Waals surface area (Å²) >= 11 is 1.29. The highest BCUT2D eigenvalue weighted by Crippen LogP contribution is 2.28. The van der Waals surface area contributed by atoms with Crippen molar-refractivity contribution in [2.75, 3.05) is 0 Å². The first-order valence-electron chi connectivity index (χ1n) is 7.31. The number of carbonyl (C=O) groups excluding carboxylic acids is 1. The van der Waals surface area contributed by atoms with Crippen LogP contribution in [0.2, 0.25) is 0 Å². The van der Waals surface area contributed by atoms with Crippen molar-refractivity contribution in [1.29, 1.82) is 0 Å². The van der Waals surface area contributed by atoms with Crippen LogP contribution in [0.3, 0.4) is 0 Å². The van der Waals surface area contributed by atoms with Crippen molar-refractivity contribution < 1.29 is 9.90 Å². The van der Waals surface area contributed by atoms with E-state index in [1.54, 1.807) is 24.3 Å². The minimum absolute atomic E-state index is 0.174. The summed E-state index contributed by atoms with van der Waals surface area (Å²) in [5.74, 6) is -0.00469. The number of benzene rings is 2. The minimum Gasteiger partial charge on any atom is -0.508 e. The Morgan fingerprint density at radius 2 is 2.00 bits per heavy atom. The molecule has 2 N–H and O–H groups in total. The fraction of sp³-hybridized carbons (Fsp3) is 0.111. The first-order chi connectivity index (χ1) is 11.1. The Balaban J connectivity index is 1.80. The number of amides is 1. The fourth-order valence-electron chi connectivity index (χ4n) is 2.17. The molecule has 0 saturated carbocycles. The number of phenols is 1. The molecule has 4 nitrogen and oxygen atoms in total. The third-order valence-electron chi connectivity index (χ3n) is 3.39. The molecule has 1 aliphatic heterocycles. The predicted octanol–water partition coefficient (Wildman–Crippen LogP) is 3.85. The molecular formula is C18H16N2O2S. The van der Waals surface area contributed by atoms with Crippen molar-refractivity contribution in [2.45, 2.75) is 13.3 Å². The SMILES string of the molecule is CCc1ccc(N=C2NC(=O)/C(=C\c3cccc(O)c3)S2)cc1. The fourth-order valence-corrected chi connectivity index (χ4v) is 3.01. The number of rotatable bonds is 3. The summed E-state index contributed by atoms with van der Waals surface area (Å²) in [6, 6.07) is 14.7. The number of hydrogen-bond acceptors (Lipinski definition) is 4. The van der Waals surface area contributed by atoms with Crippen LogP contribution < -0.4 is 5.32 Å². The van der Waals surface area contributed by atoms with E-state index in [1.807, 2.05) is 30.3 Å². The quantitative estimate of drug-likeness (QED) is 0.843. The first-order valence-corrected chi connectivity index (χ1v) is 8.13. The third kappa shape index (κ3) is 3.81. The van der Waals surface area contributed by atoms with Gasteiger partial charge in [0.25, 0.3) is 5.91 Å². The number of aliphatic imine (C=N–C) groups is 1. The van der Waals surface area contributed by atoms with Gasteiger partial charge in [0.05, 0.1) is 10.6 Å². The number of thioether (sulfide) groups is 1. The van der Waals surface area contributed by atoms with E-state index >= 15 is 0 Å². The van der Waals surface area contributed by atoms with Gasteiger partial charge in [-0.05, 0) is 59.7 Å². The largest absolute Gasteiger partial charge is 0.508 e. The molecule has 116 valence electrons. The molecule has 1 aliphatic rings. The molecule has 23 heavy (non-hydrogen) atoms. The van der Waals surface area contributed by atoms with Gasteiger partial charge in [-0.25, -0.2) is 4.99 Å². The van der Waals surface area contributed by atoms with Gasteiger partial charge in [0.2, 0.25) is 0 Å². The average Bonchev–Trinajstić information content (AvgIpc) is 2.87. The van der Waals surface area contributed by atoms with E-state index in [-0.39, 0.29) is 11.7 Å². The maximum atomic E-state index is 12.0. The Labute approximate surface area is 139 Å². The van der Waals surface area contributed by atoms with E-state index in [0.717, 1.165) is 17.7 Å². The molecule has 1 heterocycles. The summed E-state index contributed by atoms with van der Waals surface area (Å²) in [6.07, 6.45) is 2.72. The van der Waals surface area contributed by atoms with Gasteiger partial charge in [0.15, 0.2) is 5.17 Å². The smallest absolute Gasteiger partial charge is 0.264 e. The van der Waals surface area contributed by atoms with E-state index in [2.05, 4.69) is 17.2 Å². The van der Waals surface area contributed by atoms with Crippen LogP contribution in [0.15, 0.2) is 58.4 Å². The molecule has 0 atom stereocenters. The average molecular weight is 324 g/mol. The van der Waals surface area contributed by atoms with Crippen molar-refractivity contribution in [3.63, 3.8) is 0 Å². The zero-order valence-electron chi connectivity index (χ0n) is 12.6. The molecule has 0 radical (unpaired) electrons. The molecule has 0 aliphatic carbocycles. The molecule has 0 aromatic heterocycles. The van der Waals surface area contributed by atoms with Gasteiger partial charge in [-0.3, -0.25) is 4.79 Å². The van der Waals surface area contributed by atoms with Crippen LogP contribution in [0.25, 0.3) is 6.08 Å². The second-order valence-electron chi connectivity index (χ2n) is 5.10. The van der Waals surface area contributed by atoms with Crippen molar-refractivity contribution in [2.24, 2.45) is 4.99 Å². The summed E-state index contributed by atoms with van der Waals surface area (Å²) in [6.45, 7) is 2.10. The third-order valence-corrected chi connectivity index (χ3v) is 4.30. The lowest BCUT2D eigenvalue weighted by Crippen LogP contribution is -2.19. The Bertz CT molecular complexity index is 795. The van der Waals surface area contributed by atoms with Crippen LogP contribution in [-0.4, -0.2) is 16.2 Å². The van der Waals surface area contributed by atoms with E-state index in [1.165, 1.54) is 17.3 Å². The molecule has 1 saturated heterocycles. The molecule has 0 bridgehead atoms. The van der Waals surface area contributed by atoms with Gasteiger partial charge >= 0.3 is 0 Å². The molecule has 3 rings (SSSR count). The van der Waals surface area contributed by atoms with Crippen LogP contribution in [-0.2, 0) is 11.2 Å². The van der Waals surface area contributed by atoms with Crippen LogP contribution in [0.4, 0.5) is 5.69 Å². The van der Waals surface area contributed by atoms with Gasteiger partial charge in [0, 0.05) is 0 Å². The maximum absolute atomic E-state index is 12.0. The number of hydrogen-bond donors (Lipinski definition) is 2. The number of nitrogens with zero attached hydrogens (tertiary/aromatic N) is 1. The highest BCUT2D eigenvalue weighted by atomic mass is 32.2. The number of aromatic hydroxyl groups is 1. The van der Waals surface area contributed by atoms with Gasteiger partial charge in [-0.15, -0.1) is 0 Å². The topological polar surface area (TPSA) is 61.7 Å².